The molecule has 3 rings (SSSR count). The Morgan fingerprint density at radius 1 is 1.09 bits per heavy atom. The van der Waals surface area contributed by atoms with Crippen molar-refractivity contribution in [2.24, 2.45) is 5.10 Å². The summed E-state index contributed by atoms with van der Waals surface area (Å²) in [6, 6.07) is 17.0. The summed E-state index contributed by atoms with van der Waals surface area (Å²) < 4.78 is 1.69. The first kappa shape index (κ1) is 14.2. The van der Waals surface area contributed by atoms with Crippen LogP contribution in [-0.4, -0.2) is 26.4 Å². The van der Waals surface area contributed by atoms with Gasteiger partial charge in [-0.15, -0.1) is 5.10 Å². The van der Waals surface area contributed by atoms with E-state index in [1.807, 2.05) is 42.5 Å². The summed E-state index contributed by atoms with van der Waals surface area (Å²) in [5.74, 6) is 0.716. The number of hydrogen-bond acceptors (Lipinski definition) is 5. The van der Waals surface area contributed by atoms with E-state index in [9.17, 15) is 0 Å². The Balaban J connectivity index is 1.64. The van der Waals surface area contributed by atoms with E-state index in [0.29, 0.717) is 17.3 Å². The highest BCUT2D eigenvalue weighted by Crippen LogP contribution is 2.13. The van der Waals surface area contributed by atoms with Crippen LogP contribution in [0.5, 0.6) is 0 Å². The minimum atomic E-state index is 0.516. The molecule has 7 heteroatoms. The molecule has 2 aromatic carbocycles. The third-order valence-electron chi connectivity index (χ3n) is 2.94. The third-order valence-corrected chi connectivity index (χ3v) is 3.19. The average molecular weight is 313 g/mol. The second-order valence-corrected chi connectivity index (χ2v) is 4.91. The maximum atomic E-state index is 5.83. The highest BCUT2D eigenvalue weighted by atomic mass is 35.5. The van der Waals surface area contributed by atoms with Crippen LogP contribution < -0.4 is 5.43 Å². The lowest BCUT2D eigenvalue weighted by Crippen LogP contribution is -2.04. The van der Waals surface area contributed by atoms with Crippen LogP contribution in [-0.2, 0) is 6.42 Å². The van der Waals surface area contributed by atoms with Crippen molar-refractivity contribution >= 4 is 23.5 Å². The van der Waals surface area contributed by atoms with E-state index in [-0.39, 0.29) is 0 Å². The molecule has 1 N–H and O–H groups in total. The molecule has 0 atom stereocenters. The predicted octanol–water partition coefficient (Wildman–Crippen LogP) is 2.96. The molecule has 1 heterocycles. The quantitative estimate of drug-likeness (QED) is 0.581. The van der Waals surface area contributed by atoms with Crippen molar-refractivity contribution in [2.75, 3.05) is 5.43 Å². The van der Waals surface area contributed by atoms with Crippen molar-refractivity contribution in [1.82, 2.24) is 20.2 Å². The summed E-state index contributed by atoms with van der Waals surface area (Å²) in [5, 5.41) is 16.6. The maximum Gasteiger partial charge on any atom is 0.162 e. The molecule has 22 heavy (non-hydrogen) atoms. The van der Waals surface area contributed by atoms with Crippen LogP contribution in [0.3, 0.4) is 0 Å². The van der Waals surface area contributed by atoms with Gasteiger partial charge in [-0.1, -0.05) is 29.8 Å². The third kappa shape index (κ3) is 3.48. The molecule has 6 nitrogen and oxygen atoms in total. The van der Waals surface area contributed by atoms with Crippen LogP contribution in [0.1, 0.15) is 5.82 Å². The largest absolute Gasteiger partial charge is 0.279 e. The number of hydrazone groups is 1. The zero-order valence-corrected chi connectivity index (χ0v) is 12.4. The molecule has 0 bridgehead atoms. The van der Waals surface area contributed by atoms with Gasteiger partial charge in [0.25, 0.3) is 0 Å². The summed E-state index contributed by atoms with van der Waals surface area (Å²) in [6.45, 7) is 0. The van der Waals surface area contributed by atoms with Gasteiger partial charge in [0, 0.05) is 17.7 Å². The van der Waals surface area contributed by atoms with Crippen LogP contribution in [0.2, 0.25) is 5.02 Å². The molecule has 0 amide bonds. The molecule has 0 radical (unpaired) electrons. The molecule has 0 aliphatic rings. The van der Waals surface area contributed by atoms with E-state index >= 15 is 0 Å². The molecule has 0 spiro atoms. The summed E-state index contributed by atoms with van der Waals surface area (Å²) in [4.78, 5) is 0. The van der Waals surface area contributed by atoms with Crippen molar-refractivity contribution in [3.8, 4) is 5.69 Å². The van der Waals surface area contributed by atoms with E-state index in [2.05, 4.69) is 26.1 Å². The van der Waals surface area contributed by atoms with E-state index in [1.165, 1.54) is 0 Å². The molecule has 1 aromatic heterocycles. The molecule has 110 valence electrons. The number of benzene rings is 2. The Bertz CT molecular complexity index is 751. The van der Waals surface area contributed by atoms with Gasteiger partial charge in [-0.05, 0) is 46.8 Å². The molecule has 0 unspecified atom stereocenters. The van der Waals surface area contributed by atoms with E-state index in [1.54, 1.807) is 23.0 Å². The lowest BCUT2D eigenvalue weighted by molar-refractivity contribution is 0.776. The van der Waals surface area contributed by atoms with Gasteiger partial charge in [0.2, 0.25) is 0 Å². The Kier molecular flexibility index (Phi) is 4.41. The van der Waals surface area contributed by atoms with Crippen molar-refractivity contribution in [1.29, 1.82) is 0 Å². The van der Waals surface area contributed by atoms with Crippen molar-refractivity contribution in [2.45, 2.75) is 6.42 Å². The van der Waals surface area contributed by atoms with Crippen LogP contribution in [0.25, 0.3) is 5.69 Å². The first-order valence-corrected chi connectivity index (χ1v) is 7.06. The van der Waals surface area contributed by atoms with Gasteiger partial charge in [0.15, 0.2) is 5.82 Å². The number of rotatable bonds is 5. The predicted molar refractivity (Wildman–Crippen MR) is 86.4 cm³/mol. The molecular formula is C15H13ClN6. The standard InChI is InChI=1S/C15H13ClN6/c16-12-6-8-13(9-7-12)18-17-11-10-15-19-20-21-22(15)14-4-2-1-3-5-14/h1-9,11,18H,10H2. The van der Waals surface area contributed by atoms with Gasteiger partial charge in [0.05, 0.1) is 11.4 Å². The number of aromatic nitrogens is 4. The van der Waals surface area contributed by atoms with E-state index in [0.717, 1.165) is 11.4 Å². The molecular weight excluding hydrogens is 300 g/mol. The lowest BCUT2D eigenvalue weighted by Gasteiger charge is -2.02. The zero-order valence-electron chi connectivity index (χ0n) is 11.6. The number of nitrogens with zero attached hydrogens (tertiary/aromatic N) is 5. The van der Waals surface area contributed by atoms with Crippen LogP contribution in [0.4, 0.5) is 5.69 Å². The first-order valence-electron chi connectivity index (χ1n) is 6.69. The summed E-state index contributed by atoms with van der Waals surface area (Å²) >= 11 is 5.83. The monoisotopic (exact) mass is 312 g/mol. The number of nitrogens with one attached hydrogen (secondary N) is 1. The van der Waals surface area contributed by atoms with E-state index < -0.39 is 0 Å². The zero-order chi connectivity index (χ0) is 15.2. The van der Waals surface area contributed by atoms with Crippen molar-refractivity contribution < 1.29 is 0 Å². The van der Waals surface area contributed by atoms with Crippen LogP contribution in [0, 0.1) is 0 Å². The SMILES string of the molecule is Clc1ccc(NN=CCc2nnnn2-c2ccccc2)cc1. The summed E-state index contributed by atoms with van der Waals surface area (Å²) in [6.07, 6.45) is 2.24. The molecule has 0 aliphatic carbocycles. The van der Waals surface area contributed by atoms with Gasteiger partial charge >= 0.3 is 0 Å². The Morgan fingerprint density at radius 3 is 2.64 bits per heavy atom. The summed E-state index contributed by atoms with van der Waals surface area (Å²) in [7, 11) is 0. The number of tetrazole rings is 1. The van der Waals surface area contributed by atoms with Crippen molar-refractivity contribution in [3.05, 3.63) is 65.4 Å². The molecule has 0 aliphatic heterocycles. The number of hydrogen-bond donors (Lipinski definition) is 1. The second kappa shape index (κ2) is 6.82. The average Bonchev–Trinajstić information content (AvgIpc) is 3.02. The van der Waals surface area contributed by atoms with E-state index in [4.69, 9.17) is 11.6 Å². The smallest absolute Gasteiger partial charge is 0.162 e. The lowest BCUT2D eigenvalue weighted by atomic mass is 10.3. The normalized spacial score (nSPS) is 11.0. The molecule has 0 fully saturated rings. The molecule has 0 saturated carbocycles. The highest BCUT2D eigenvalue weighted by Gasteiger charge is 2.05. The fraction of sp³-hybridized carbons (Fsp3) is 0.0667. The number of halogens is 1. The Hall–Kier alpha value is -2.73. The fourth-order valence-corrected chi connectivity index (χ4v) is 2.00. The first-order chi connectivity index (χ1) is 10.8. The fourth-order valence-electron chi connectivity index (χ4n) is 1.87. The topological polar surface area (TPSA) is 68.0 Å². The van der Waals surface area contributed by atoms with Gasteiger partial charge in [0.1, 0.15) is 0 Å². The van der Waals surface area contributed by atoms with Gasteiger partial charge < -0.3 is 0 Å². The number of para-hydroxylation sites is 1. The molecule has 3 aromatic rings. The minimum absolute atomic E-state index is 0.516. The summed E-state index contributed by atoms with van der Waals surface area (Å²) in [5.41, 5.74) is 4.71. The van der Waals surface area contributed by atoms with Gasteiger partial charge in [-0.3, -0.25) is 5.43 Å². The van der Waals surface area contributed by atoms with Crippen molar-refractivity contribution in [3.63, 3.8) is 0 Å². The maximum absolute atomic E-state index is 5.83. The minimum Gasteiger partial charge on any atom is -0.279 e. The molecule has 0 saturated heterocycles. The Morgan fingerprint density at radius 2 is 1.86 bits per heavy atom. The Labute approximate surface area is 132 Å². The van der Waals surface area contributed by atoms with Gasteiger partial charge in [-0.2, -0.15) is 9.78 Å². The highest BCUT2D eigenvalue weighted by molar-refractivity contribution is 6.30. The number of anilines is 1. The second-order valence-electron chi connectivity index (χ2n) is 4.48. The van der Waals surface area contributed by atoms with Crippen LogP contribution >= 0.6 is 11.6 Å². The van der Waals surface area contributed by atoms with Crippen LogP contribution in [0.15, 0.2) is 59.7 Å². The van der Waals surface area contributed by atoms with Gasteiger partial charge in [-0.25, -0.2) is 0 Å².